The second-order valence-corrected chi connectivity index (χ2v) is 4.71. The van der Waals surface area contributed by atoms with Gasteiger partial charge in [-0.1, -0.05) is 26.7 Å². The van der Waals surface area contributed by atoms with Gasteiger partial charge in [0.15, 0.2) is 0 Å². The number of carboxylic acid groups (broad SMARTS) is 1. The summed E-state index contributed by atoms with van der Waals surface area (Å²) in [5.41, 5.74) is -0.590. The van der Waals surface area contributed by atoms with Gasteiger partial charge in [0, 0.05) is 0 Å². The molecule has 0 aromatic heterocycles. The Morgan fingerprint density at radius 1 is 1.40 bits per heavy atom. The Hall–Kier alpha value is -1.04. The van der Waals surface area contributed by atoms with Gasteiger partial charge in [0.05, 0.1) is 17.9 Å². The zero-order valence-electron chi connectivity index (χ0n) is 9.49. The van der Waals surface area contributed by atoms with Crippen LogP contribution in [0, 0.1) is 28.6 Å². The van der Waals surface area contributed by atoms with E-state index in [1.165, 1.54) is 0 Å². The van der Waals surface area contributed by atoms with Crippen molar-refractivity contribution < 1.29 is 9.90 Å². The van der Waals surface area contributed by atoms with Crippen LogP contribution < -0.4 is 0 Å². The van der Waals surface area contributed by atoms with Crippen LogP contribution in [0.2, 0.25) is 0 Å². The second-order valence-electron chi connectivity index (χ2n) is 4.71. The molecule has 15 heavy (non-hydrogen) atoms. The smallest absolute Gasteiger partial charge is 0.304 e. The van der Waals surface area contributed by atoms with E-state index in [4.69, 9.17) is 5.11 Å². The highest BCUT2D eigenvalue weighted by molar-refractivity contribution is 5.68. The number of nitrogens with zero attached hydrogens (tertiary/aromatic N) is 1. The summed E-state index contributed by atoms with van der Waals surface area (Å²) in [5.74, 6) is 0.228. The fraction of sp³-hybridized carbons (Fsp3) is 0.833. The molecule has 1 fully saturated rings. The van der Waals surface area contributed by atoms with Crippen molar-refractivity contribution in [3.05, 3.63) is 0 Å². The van der Waals surface area contributed by atoms with E-state index in [1.54, 1.807) is 0 Å². The highest BCUT2D eigenvalue weighted by Gasteiger charge is 2.45. The molecule has 0 bridgehead atoms. The summed E-state index contributed by atoms with van der Waals surface area (Å²) < 4.78 is 0. The SMILES string of the molecule is CCC1CC(C#N)(CC(=O)O)CC1CC. The van der Waals surface area contributed by atoms with Crippen molar-refractivity contribution >= 4 is 5.97 Å². The molecule has 84 valence electrons. The first-order valence-corrected chi connectivity index (χ1v) is 5.70. The Morgan fingerprint density at radius 2 is 1.87 bits per heavy atom. The highest BCUT2D eigenvalue weighted by atomic mass is 16.4. The van der Waals surface area contributed by atoms with Gasteiger partial charge in [-0.15, -0.1) is 0 Å². The lowest BCUT2D eigenvalue weighted by atomic mass is 9.83. The van der Waals surface area contributed by atoms with Crippen LogP contribution in [0.25, 0.3) is 0 Å². The fourth-order valence-corrected chi connectivity index (χ4v) is 2.94. The molecule has 2 unspecified atom stereocenters. The first-order chi connectivity index (χ1) is 7.06. The van der Waals surface area contributed by atoms with Crippen LogP contribution in [0.4, 0.5) is 0 Å². The molecule has 0 aromatic rings. The number of carboxylic acids is 1. The first kappa shape index (κ1) is 12.0. The van der Waals surface area contributed by atoms with E-state index in [2.05, 4.69) is 19.9 Å². The van der Waals surface area contributed by atoms with Crippen molar-refractivity contribution in [2.45, 2.75) is 46.0 Å². The van der Waals surface area contributed by atoms with Crippen LogP contribution in [-0.2, 0) is 4.79 Å². The molecule has 0 saturated heterocycles. The van der Waals surface area contributed by atoms with Crippen LogP contribution in [0.5, 0.6) is 0 Å². The molecule has 1 aliphatic rings. The molecule has 0 aliphatic heterocycles. The lowest BCUT2D eigenvalue weighted by Crippen LogP contribution is -2.19. The van der Waals surface area contributed by atoms with E-state index in [-0.39, 0.29) is 6.42 Å². The number of nitriles is 1. The Morgan fingerprint density at radius 3 is 2.13 bits per heavy atom. The van der Waals surface area contributed by atoms with Gasteiger partial charge < -0.3 is 5.11 Å². The third kappa shape index (κ3) is 2.50. The Labute approximate surface area is 91.1 Å². The van der Waals surface area contributed by atoms with Crippen LogP contribution in [0.3, 0.4) is 0 Å². The normalized spacial score (nSPS) is 35.0. The van der Waals surface area contributed by atoms with E-state index in [1.807, 2.05) is 0 Å². The van der Waals surface area contributed by atoms with Gasteiger partial charge in [0.1, 0.15) is 0 Å². The molecule has 0 aromatic carbocycles. The number of rotatable bonds is 4. The minimum Gasteiger partial charge on any atom is -0.481 e. The van der Waals surface area contributed by atoms with Gasteiger partial charge in [-0.3, -0.25) is 4.79 Å². The monoisotopic (exact) mass is 209 g/mol. The molecule has 1 rings (SSSR count). The van der Waals surface area contributed by atoms with Crippen molar-refractivity contribution in [1.29, 1.82) is 5.26 Å². The van der Waals surface area contributed by atoms with Crippen LogP contribution >= 0.6 is 0 Å². The molecule has 1 aliphatic carbocycles. The molecule has 1 saturated carbocycles. The average Bonchev–Trinajstić information content (AvgIpc) is 2.56. The number of hydrogen-bond donors (Lipinski definition) is 1. The highest BCUT2D eigenvalue weighted by Crippen LogP contribution is 2.49. The summed E-state index contributed by atoms with van der Waals surface area (Å²) >= 11 is 0. The molecule has 0 amide bonds. The van der Waals surface area contributed by atoms with Gasteiger partial charge in [-0.05, 0) is 24.7 Å². The summed E-state index contributed by atoms with van der Waals surface area (Å²) in [5, 5.41) is 18.0. The Balaban J connectivity index is 2.78. The van der Waals surface area contributed by atoms with Crippen molar-refractivity contribution in [2.75, 3.05) is 0 Å². The molecule has 2 atom stereocenters. The summed E-state index contributed by atoms with van der Waals surface area (Å²) in [6.07, 6.45) is 3.66. The van der Waals surface area contributed by atoms with E-state index in [9.17, 15) is 10.1 Å². The summed E-state index contributed by atoms with van der Waals surface area (Å²) in [7, 11) is 0. The predicted molar refractivity (Wildman–Crippen MR) is 57.1 cm³/mol. The van der Waals surface area contributed by atoms with Crippen molar-refractivity contribution in [3.8, 4) is 6.07 Å². The third-order valence-electron chi connectivity index (χ3n) is 3.75. The molecule has 1 N–H and O–H groups in total. The predicted octanol–water partition coefficient (Wildman–Crippen LogP) is 2.82. The van der Waals surface area contributed by atoms with Crippen LogP contribution in [0.1, 0.15) is 46.0 Å². The summed E-state index contributed by atoms with van der Waals surface area (Å²) in [4.78, 5) is 10.8. The van der Waals surface area contributed by atoms with Gasteiger partial charge in [-0.2, -0.15) is 5.26 Å². The quantitative estimate of drug-likeness (QED) is 0.774. The van der Waals surface area contributed by atoms with Crippen LogP contribution in [0.15, 0.2) is 0 Å². The van der Waals surface area contributed by atoms with E-state index in [0.717, 1.165) is 25.7 Å². The fourth-order valence-electron chi connectivity index (χ4n) is 2.94. The first-order valence-electron chi connectivity index (χ1n) is 5.70. The van der Waals surface area contributed by atoms with E-state index < -0.39 is 11.4 Å². The lowest BCUT2D eigenvalue weighted by molar-refractivity contribution is -0.138. The maximum atomic E-state index is 10.8. The van der Waals surface area contributed by atoms with Gasteiger partial charge in [0.2, 0.25) is 0 Å². The second kappa shape index (κ2) is 4.65. The molecular formula is C12H19NO2. The minimum absolute atomic E-state index is 0.0104. The van der Waals surface area contributed by atoms with E-state index >= 15 is 0 Å². The van der Waals surface area contributed by atoms with Crippen molar-refractivity contribution in [1.82, 2.24) is 0 Å². The lowest BCUT2D eigenvalue weighted by Gasteiger charge is -2.17. The zero-order chi connectivity index (χ0) is 11.5. The summed E-state index contributed by atoms with van der Waals surface area (Å²) in [6, 6.07) is 2.26. The van der Waals surface area contributed by atoms with E-state index in [0.29, 0.717) is 11.8 Å². The number of carbonyl (C=O) groups is 1. The molecule has 3 nitrogen and oxygen atoms in total. The van der Waals surface area contributed by atoms with Gasteiger partial charge in [-0.25, -0.2) is 0 Å². The minimum atomic E-state index is -0.844. The Bertz CT molecular complexity index is 268. The molecular weight excluding hydrogens is 190 g/mol. The molecule has 3 heteroatoms. The molecule has 0 spiro atoms. The topological polar surface area (TPSA) is 61.1 Å². The average molecular weight is 209 g/mol. The number of aliphatic carboxylic acids is 1. The standard InChI is InChI=1S/C12H19NO2/c1-3-9-5-12(8-13,7-11(14)15)6-10(9)4-2/h9-10H,3-7H2,1-2H3,(H,14,15). The zero-order valence-corrected chi connectivity index (χ0v) is 9.49. The Kier molecular flexibility index (Phi) is 3.73. The van der Waals surface area contributed by atoms with Crippen molar-refractivity contribution in [3.63, 3.8) is 0 Å². The van der Waals surface area contributed by atoms with Gasteiger partial charge in [0.25, 0.3) is 0 Å². The van der Waals surface area contributed by atoms with Crippen LogP contribution in [-0.4, -0.2) is 11.1 Å². The number of hydrogen-bond acceptors (Lipinski definition) is 2. The maximum Gasteiger partial charge on any atom is 0.304 e. The van der Waals surface area contributed by atoms with Gasteiger partial charge >= 0.3 is 5.97 Å². The summed E-state index contributed by atoms with van der Waals surface area (Å²) in [6.45, 7) is 4.25. The molecule has 0 radical (unpaired) electrons. The van der Waals surface area contributed by atoms with Crippen molar-refractivity contribution in [2.24, 2.45) is 17.3 Å². The molecule has 0 heterocycles. The third-order valence-corrected chi connectivity index (χ3v) is 3.75. The largest absolute Gasteiger partial charge is 0.481 e. The maximum absolute atomic E-state index is 10.8.